The second-order valence-electron chi connectivity index (χ2n) is 3.48. The number of hydrogen-bond donors (Lipinski definition) is 2. The Hall–Kier alpha value is -2.25. The third-order valence-corrected chi connectivity index (χ3v) is 2.23. The van der Waals surface area contributed by atoms with Crippen LogP contribution in [0.5, 0.6) is 5.75 Å². The SMILES string of the molecule is O=C1NC(=O)C(c2ccccc2OC(F)(F)F)N1. The number of para-hydroxylation sites is 1. The van der Waals surface area contributed by atoms with Crippen molar-refractivity contribution in [3.63, 3.8) is 0 Å². The number of alkyl halides is 3. The number of imide groups is 1. The Labute approximate surface area is 98.9 Å². The molecular formula is C10H7F3N2O3. The maximum atomic E-state index is 12.2. The van der Waals surface area contributed by atoms with Crippen LogP contribution in [0, 0.1) is 0 Å². The number of ether oxygens (including phenoxy) is 1. The van der Waals surface area contributed by atoms with Gasteiger partial charge in [-0.05, 0) is 6.07 Å². The molecular weight excluding hydrogens is 253 g/mol. The first kappa shape index (κ1) is 12.2. The van der Waals surface area contributed by atoms with Crippen molar-refractivity contribution in [3.8, 4) is 5.75 Å². The highest BCUT2D eigenvalue weighted by atomic mass is 19.4. The Morgan fingerprint density at radius 1 is 1.17 bits per heavy atom. The van der Waals surface area contributed by atoms with Crippen LogP contribution in [-0.4, -0.2) is 18.3 Å². The Morgan fingerprint density at radius 2 is 1.83 bits per heavy atom. The quantitative estimate of drug-likeness (QED) is 0.791. The lowest BCUT2D eigenvalue weighted by Crippen LogP contribution is -2.23. The number of nitrogens with one attached hydrogen (secondary N) is 2. The number of carbonyl (C=O) groups is 2. The molecule has 2 rings (SSSR count). The summed E-state index contributed by atoms with van der Waals surface area (Å²) in [4.78, 5) is 22.3. The fourth-order valence-electron chi connectivity index (χ4n) is 1.57. The summed E-state index contributed by atoms with van der Waals surface area (Å²) in [6.45, 7) is 0. The molecule has 1 aliphatic heterocycles. The van der Waals surface area contributed by atoms with Gasteiger partial charge in [0.2, 0.25) is 0 Å². The number of hydrogen-bond acceptors (Lipinski definition) is 3. The fourth-order valence-corrected chi connectivity index (χ4v) is 1.57. The van der Waals surface area contributed by atoms with E-state index in [1.54, 1.807) is 0 Å². The molecule has 3 amide bonds. The molecule has 1 atom stereocenters. The van der Waals surface area contributed by atoms with E-state index >= 15 is 0 Å². The average Bonchev–Trinajstić information content (AvgIpc) is 2.56. The Morgan fingerprint density at radius 3 is 2.39 bits per heavy atom. The van der Waals surface area contributed by atoms with Crippen LogP contribution in [0.1, 0.15) is 11.6 Å². The van der Waals surface area contributed by atoms with Crippen molar-refractivity contribution in [2.45, 2.75) is 12.4 Å². The largest absolute Gasteiger partial charge is 0.573 e. The normalized spacial score (nSPS) is 19.4. The molecule has 0 bridgehead atoms. The maximum absolute atomic E-state index is 12.2. The summed E-state index contributed by atoms with van der Waals surface area (Å²) in [5.74, 6) is -1.24. The molecule has 8 heteroatoms. The third kappa shape index (κ3) is 2.53. The van der Waals surface area contributed by atoms with E-state index in [2.05, 4.69) is 10.1 Å². The highest BCUT2D eigenvalue weighted by molar-refractivity contribution is 6.04. The summed E-state index contributed by atoms with van der Waals surface area (Å²) in [7, 11) is 0. The summed E-state index contributed by atoms with van der Waals surface area (Å²) in [5, 5.41) is 4.13. The standard InChI is InChI=1S/C10H7F3N2O3/c11-10(12,13)18-6-4-2-1-3-5(6)7-8(16)15-9(17)14-7/h1-4,7H,(H2,14,15,16,17). The minimum absolute atomic E-state index is 0.0572. The molecule has 0 aliphatic carbocycles. The van der Waals surface area contributed by atoms with E-state index in [0.717, 1.165) is 6.07 Å². The van der Waals surface area contributed by atoms with Crippen molar-refractivity contribution < 1.29 is 27.5 Å². The van der Waals surface area contributed by atoms with E-state index in [4.69, 9.17) is 0 Å². The predicted octanol–water partition coefficient (Wildman–Crippen LogP) is 1.47. The van der Waals surface area contributed by atoms with Gasteiger partial charge in [0.1, 0.15) is 11.8 Å². The van der Waals surface area contributed by atoms with Gasteiger partial charge in [-0.2, -0.15) is 0 Å². The molecule has 1 fully saturated rings. The van der Waals surface area contributed by atoms with Crippen LogP contribution in [0.15, 0.2) is 24.3 Å². The molecule has 1 unspecified atom stereocenters. The lowest BCUT2D eigenvalue weighted by molar-refractivity contribution is -0.275. The van der Waals surface area contributed by atoms with Crippen molar-refractivity contribution in [1.29, 1.82) is 0 Å². The predicted molar refractivity (Wildman–Crippen MR) is 52.5 cm³/mol. The second-order valence-corrected chi connectivity index (χ2v) is 3.48. The van der Waals surface area contributed by atoms with Crippen molar-refractivity contribution in [2.24, 2.45) is 0 Å². The number of carbonyl (C=O) groups excluding carboxylic acids is 2. The minimum atomic E-state index is -4.87. The van der Waals surface area contributed by atoms with E-state index in [-0.39, 0.29) is 5.56 Å². The number of rotatable bonds is 2. The molecule has 0 aromatic heterocycles. The van der Waals surface area contributed by atoms with Gasteiger partial charge in [0.15, 0.2) is 0 Å². The Kier molecular flexibility index (Phi) is 2.85. The van der Waals surface area contributed by atoms with Crippen LogP contribution in [0.4, 0.5) is 18.0 Å². The molecule has 1 aliphatic rings. The second kappa shape index (κ2) is 4.21. The topological polar surface area (TPSA) is 67.4 Å². The van der Waals surface area contributed by atoms with Crippen molar-refractivity contribution in [3.05, 3.63) is 29.8 Å². The van der Waals surface area contributed by atoms with Gasteiger partial charge in [0.25, 0.3) is 5.91 Å². The molecule has 0 radical (unpaired) electrons. The number of amides is 3. The molecule has 1 saturated heterocycles. The van der Waals surface area contributed by atoms with E-state index < -0.39 is 30.1 Å². The Balaban J connectivity index is 2.33. The molecule has 18 heavy (non-hydrogen) atoms. The molecule has 96 valence electrons. The van der Waals surface area contributed by atoms with Crippen molar-refractivity contribution in [1.82, 2.24) is 10.6 Å². The minimum Gasteiger partial charge on any atom is -0.405 e. The molecule has 0 spiro atoms. The highest BCUT2D eigenvalue weighted by Crippen LogP contribution is 2.31. The summed E-state index contributed by atoms with van der Waals surface area (Å²) in [5.41, 5.74) is -0.0572. The lowest BCUT2D eigenvalue weighted by atomic mass is 10.1. The number of halogens is 3. The van der Waals surface area contributed by atoms with Crippen LogP contribution in [0.2, 0.25) is 0 Å². The zero-order valence-electron chi connectivity index (χ0n) is 8.75. The van der Waals surface area contributed by atoms with Crippen molar-refractivity contribution in [2.75, 3.05) is 0 Å². The van der Waals surface area contributed by atoms with Gasteiger partial charge in [0.05, 0.1) is 0 Å². The van der Waals surface area contributed by atoms with E-state index in [1.165, 1.54) is 18.2 Å². The van der Waals surface area contributed by atoms with Gasteiger partial charge in [-0.3, -0.25) is 10.1 Å². The summed E-state index contributed by atoms with van der Waals surface area (Å²) < 4.78 is 40.3. The monoisotopic (exact) mass is 260 g/mol. The number of urea groups is 1. The molecule has 5 nitrogen and oxygen atoms in total. The lowest BCUT2D eigenvalue weighted by Gasteiger charge is -2.15. The number of benzene rings is 1. The van der Waals surface area contributed by atoms with Gasteiger partial charge >= 0.3 is 12.4 Å². The van der Waals surface area contributed by atoms with Gasteiger partial charge in [-0.15, -0.1) is 13.2 Å². The zero-order chi connectivity index (χ0) is 13.3. The Bertz CT molecular complexity index is 501. The summed E-state index contributed by atoms with van der Waals surface area (Å²) >= 11 is 0. The zero-order valence-corrected chi connectivity index (χ0v) is 8.75. The van der Waals surface area contributed by atoms with Crippen molar-refractivity contribution >= 4 is 11.9 Å². The van der Waals surface area contributed by atoms with Gasteiger partial charge in [-0.25, -0.2) is 4.79 Å². The van der Waals surface area contributed by atoms with Crippen LogP contribution >= 0.6 is 0 Å². The van der Waals surface area contributed by atoms with Crippen LogP contribution in [0.3, 0.4) is 0 Å². The third-order valence-electron chi connectivity index (χ3n) is 2.23. The molecule has 0 saturated carbocycles. The molecule has 2 N–H and O–H groups in total. The summed E-state index contributed by atoms with van der Waals surface area (Å²) in [6, 6.07) is 3.18. The van der Waals surface area contributed by atoms with E-state index in [1.807, 2.05) is 5.32 Å². The average molecular weight is 260 g/mol. The molecule has 1 heterocycles. The summed E-state index contributed by atoms with van der Waals surface area (Å²) in [6.07, 6.45) is -4.87. The van der Waals surface area contributed by atoms with Crippen LogP contribution in [0.25, 0.3) is 0 Å². The highest BCUT2D eigenvalue weighted by Gasteiger charge is 2.37. The molecule has 1 aromatic carbocycles. The fraction of sp³-hybridized carbons (Fsp3) is 0.200. The van der Waals surface area contributed by atoms with Gasteiger partial charge in [0, 0.05) is 5.56 Å². The van der Waals surface area contributed by atoms with Gasteiger partial charge in [-0.1, -0.05) is 18.2 Å². The van der Waals surface area contributed by atoms with E-state index in [0.29, 0.717) is 0 Å². The van der Waals surface area contributed by atoms with Crippen LogP contribution < -0.4 is 15.4 Å². The first-order chi connectivity index (χ1) is 8.37. The smallest absolute Gasteiger partial charge is 0.405 e. The van der Waals surface area contributed by atoms with E-state index in [9.17, 15) is 22.8 Å². The van der Waals surface area contributed by atoms with Crippen LogP contribution in [-0.2, 0) is 4.79 Å². The first-order valence-electron chi connectivity index (χ1n) is 4.83. The molecule has 1 aromatic rings. The first-order valence-corrected chi connectivity index (χ1v) is 4.83. The van der Waals surface area contributed by atoms with Gasteiger partial charge < -0.3 is 10.1 Å². The maximum Gasteiger partial charge on any atom is 0.573 e.